The predicted octanol–water partition coefficient (Wildman–Crippen LogP) is 2.78. The Kier molecular flexibility index (Phi) is 4.08. The minimum Gasteiger partial charge on any atom is -0.494 e. The molecule has 94 valence electrons. The van der Waals surface area contributed by atoms with Gasteiger partial charge in [-0.3, -0.25) is 4.79 Å². The van der Waals surface area contributed by atoms with Crippen LogP contribution in [0.15, 0.2) is 32.6 Å². The molecular weight excluding hydrogens is 316 g/mol. The molecule has 0 saturated carbocycles. The molecule has 1 amide bonds. The van der Waals surface area contributed by atoms with Gasteiger partial charge in [0.15, 0.2) is 5.17 Å². The van der Waals surface area contributed by atoms with Crippen molar-refractivity contribution in [1.82, 2.24) is 0 Å². The van der Waals surface area contributed by atoms with Crippen LogP contribution in [0.2, 0.25) is 0 Å². The Balaban J connectivity index is 2.31. The number of rotatable bonds is 3. The SMILES string of the molecule is CCOc1ccc(Br)c(C=C2SC(N)=NC2=O)c1. The van der Waals surface area contributed by atoms with Crippen molar-refractivity contribution in [3.63, 3.8) is 0 Å². The number of amidine groups is 1. The van der Waals surface area contributed by atoms with Crippen molar-refractivity contribution in [3.05, 3.63) is 33.1 Å². The number of carbonyl (C=O) groups excluding carboxylic acids is 1. The lowest BCUT2D eigenvalue weighted by atomic mass is 10.2. The summed E-state index contributed by atoms with van der Waals surface area (Å²) in [5.74, 6) is 0.461. The average Bonchev–Trinajstić information content (AvgIpc) is 2.62. The van der Waals surface area contributed by atoms with Crippen LogP contribution in [0.3, 0.4) is 0 Å². The molecule has 0 fully saturated rings. The van der Waals surface area contributed by atoms with E-state index in [1.165, 1.54) is 11.8 Å². The van der Waals surface area contributed by atoms with Crippen LogP contribution in [-0.2, 0) is 4.79 Å². The van der Waals surface area contributed by atoms with Gasteiger partial charge in [0.2, 0.25) is 0 Å². The summed E-state index contributed by atoms with van der Waals surface area (Å²) in [6.45, 7) is 2.52. The molecule has 2 N–H and O–H groups in total. The van der Waals surface area contributed by atoms with E-state index in [2.05, 4.69) is 20.9 Å². The molecule has 0 radical (unpaired) electrons. The monoisotopic (exact) mass is 326 g/mol. The van der Waals surface area contributed by atoms with E-state index in [1.807, 2.05) is 25.1 Å². The quantitative estimate of drug-likeness (QED) is 0.867. The van der Waals surface area contributed by atoms with Crippen LogP contribution in [0.1, 0.15) is 12.5 Å². The summed E-state index contributed by atoms with van der Waals surface area (Å²) in [7, 11) is 0. The number of benzene rings is 1. The normalized spacial score (nSPS) is 17.1. The van der Waals surface area contributed by atoms with Gasteiger partial charge >= 0.3 is 0 Å². The standard InChI is InChI=1S/C12H11BrN2O2S/c1-2-17-8-3-4-9(13)7(5-8)6-10-11(16)15-12(14)18-10/h3-6H,2H2,1H3,(H2,14,15,16). The van der Waals surface area contributed by atoms with Gasteiger partial charge in [-0.15, -0.1) is 0 Å². The van der Waals surface area contributed by atoms with Crippen LogP contribution in [-0.4, -0.2) is 17.7 Å². The molecule has 4 nitrogen and oxygen atoms in total. The smallest absolute Gasteiger partial charge is 0.286 e. The number of aliphatic imine (C=N–C) groups is 1. The third-order valence-corrected chi connectivity index (χ3v) is 3.74. The summed E-state index contributed by atoms with van der Waals surface area (Å²) in [4.78, 5) is 15.7. The molecule has 0 bridgehead atoms. The lowest BCUT2D eigenvalue weighted by Gasteiger charge is -2.06. The van der Waals surface area contributed by atoms with Crippen molar-refractivity contribution in [1.29, 1.82) is 0 Å². The van der Waals surface area contributed by atoms with Crippen molar-refractivity contribution >= 4 is 44.8 Å². The Morgan fingerprint density at radius 1 is 1.56 bits per heavy atom. The highest BCUT2D eigenvalue weighted by Crippen LogP contribution is 2.30. The van der Waals surface area contributed by atoms with E-state index in [4.69, 9.17) is 10.5 Å². The topological polar surface area (TPSA) is 64.7 Å². The maximum Gasteiger partial charge on any atom is 0.286 e. The van der Waals surface area contributed by atoms with E-state index in [0.29, 0.717) is 11.5 Å². The van der Waals surface area contributed by atoms with Crippen molar-refractivity contribution < 1.29 is 9.53 Å². The summed E-state index contributed by atoms with van der Waals surface area (Å²) in [5.41, 5.74) is 6.36. The Bertz CT molecular complexity index is 555. The zero-order chi connectivity index (χ0) is 13.1. The van der Waals surface area contributed by atoms with Gasteiger partial charge in [0.05, 0.1) is 11.5 Å². The Morgan fingerprint density at radius 2 is 2.33 bits per heavy atom. The minimum absolute atomic E-state index is 0.281. The fraction of sp³-hybridized carbons (Fsp3) is 0.167. The van der Waals surface area contributed by atoms with Gasteiger partial charge in [0, 0.05) is 4.47 Å². The van der Waals surface area contributed by atoms with Crippen molar-refractivity contribution in [2.45, 2.75) is 6.92 Å². The van der Waals surface area contributed by atoms with Gasteiger partial charge in [0.1, 0.15) is 5.75 Å². The highest BCUT2D eigenvalue weighted by Gasteiger charge is 2.19. The lowest BCUT2D eigenvalue weighted by molar-refractivity contribution is -0.113. The van der Waals surface area contributed by atoms with Gasteiger partial charge in [0.25, 0.3) is 5.91 Å². The molecular formula is C12H11BrN2O2S. The Labute approximate surface area is 117 Å². The number of carbonyl (C=O) groups is 1. The lowest BCUT2D eigenvalue weighted by Crippen LogP contribution is -2.01. The number of hydrogen-bond acceptors (Lipinski definition) is 4. The van der Waals surface area contributed by atoms with E-state index >= 15 is 0 Å². The van der Waals surface area contributed by atoms with Gasteiger partial charge in [-0.25, -0.2) is 0 Å². The van der Waals surface area contributed by atoms with Crippen molar-refractivity contribution in [3.8, 4) is 5.75 Å². The first-order valence-corrected chi connectivity index (χ1v) is 6.91. The molecule has 0 aliphatic carbocycles. The van der Waals surface area contributed by atoms with Crippen molar-refractivity contribution in [2.24, 2.45) is 10.7 Å². The van der Waals surface area contributed by atoms with E-state index in [9.17, 15) is 4.79 Å². The second-order valence-corrected chi connectivity index (χ2v) is 5.40. The Hall–Kier alpha value is -1.27. The predicted molar refractivity (Wildman–Crippen MR) is 77.5 cm³/mol. The number of thioether (sulfide) groups is 1. The molecule has 18 heavy (non-hydrogen) atoms. The second kappa shape index (κ2) is 5.58. The second-order valence-electron chi connectivity index (χ2n) is 3.48. The first-order valence-electron chi connectivity index (χ1n) is 5.30. The zero-order valence-corrected chi connectivity index (χ0v) is 12.0. The molecule has 6 heteroatoms. The maximum atomic E-state index is 11.5. The van der Waals surface area contributed by atoms with Gasteiger partial charge in [-0.1, -0.05) is 15.9 Å². The molecule has 1 aliphatic heterocycles. The molecule has 0 spiro atoms. The maximum absolute atomic E-state index is 11.5. The highest BCUT2D eigenvalue weighted by molar-refractivity contribution is 9.10. The fourth-order valence-electron chi connectivity index (χ4n) is 1.46. The summed E-state index contributed by atoms with van der Waals surface area (Å²) < 4.78 is 6.31. The van der Waals surface area contributed by atoms with Crippen LogP contribution < -0.4 is 10.5 Å². The van der Waals surface area contributed by atoms with Crippen LogP contribution in [0.5, 0.6) is 5.75 Å². The first kappa shape index (κ1) is 13.2. The number of nitrogens with two attached hydrogens (primary N) is 1. The zero-order valence-electron chi connectivity index (χ0n) is 9.64. The summed E-state index contributed by atoms with van der Waals surface area (Å²) in [6.07, 6.45) is 1.75. The minimum atomic E-state index is -0.300. The molecule has 1 heterocycles. The third kappa shape index (κ3) is 2.94. The van der Waals surface area contributed by atoms with E-state index < -0.39 is 0 Å². The van der Waals surface area contributed by atoms with Gasteiger partial charge in [-0.2, -0.15) is 4.99 Å². The molecule has 1 aromatic carbocycles. The number of halogens is 1. The van der Waals surface area contributed by atoms with Crippen LogP contribution >= 0.6 is 27.7 Å². The summed E-state index contributed by atoms with van der Waals surface area (Å²) in [6, 6.07) is 5.61. The number of ether oxygens (including phenoxy) is 1. The third-order valence-electron chi connectivity index (χ3n) is 2.20. The highest BCUT2D eigenvalue weighted by atomic mass is 79.9. The summed E-state index contributed by atoms with van der Waals surface area (Å²) >= 11 is 4.61. The van der Waals surface area contributed by atoms with Crippen LogP contribution in [0.25, 0.3) is 6.08 Å². The molecule has 1 aromatic rings. The van der Waals surface area contributed by atoms with E-state index in [-0.39, 0.29) is 11.1 Å². The average molecular weight is 327 g/mol. The first-order chi connectivity index (χ1) is 8.60. The van der Waals surface area contributed by atoms with Crippen molar-refractivity contribution in [2.75, 3.05) is 6.61 Å². The Morgan fingerprint density at radius 3 is 2.94 bits per heavy atom. The number of amides is 1. The molecule has 0 unspecified atom stereocenters. The van der Waals surface area contributed by atoms with Crippen LogP contribution in [0, 0.1) is 0 Å². The summed E-state index contributed by atoms with van der Waals surface area (Å²) in [5, 5.41) is 0.281. The number of nitrogens with zero attached hydrogens (tertiary/aromatic N) is 1. The van der Waals surface area contributed by atoms with Gasteiger partial charge in [-0.05, 0) is 48.5 Å². The largest absolute Gasteiger partial charge is 0.494 e. The van der Waals surface area contributed by atoms with E-state index in [0.717, 1.165) is 15.8 Å². The van der Waals surface area contributed by atoms with Gasteiger partial charge < -0.3 is 10.5 Å². The number of hydrogen-bond donors (Lipinski definition) is 1. The molecule has 2 rings (SSSR count). The van der Waals surface area contributed by atoms with Crippen LogP contribution in [0.4, 0.5) is 0 Å². The molecule has 0 aromatic heterocycles. The fourth-order valence-corrected chi connectivity index (χ4v) is 2.49. The molecule has 0 atom stereocenters. The van der Waals surface area contributed by atoms with E-state index in [1.54, 1.807) is 6.08 Å². The molecule has 1 aliphatic rings. The molecule has 0 saturated heterocycles.